The molecule has 0 saturated carbocycles. The molecular weight excluding hydrogens is 268 g/mol. The largest absolute Gasteiger partial charge is 0.350 e. The van der Waals surface area contributed by atoms with Gasteiger partial charge in [-0.25, -0.2) is 0 Å². The van der Waals surface area contributed by atoms with Crippen molar-refractivity contribution in [2.75, 3.05) is 6.54 Å². The van der Waals surface area contributed by atoms with Crippen molar-refractivity contribution in [2.45, 2.75) is 46.1 Å². The average molecular weight is 288 g/mol. The van der Waals surface area contributed by atoms with Crippen LogP contribution in [0.3, 0.4) is 0 Å². The Kier molecular flexibility index (Phi) is 3.72. The van der Waals surface area contributed by atoms with Crippen LogP contribution >= 0.6 is 0 Å². The van der Waals surface area contributed by atoms with Gasteiger partial charge in [-0.2, -0.15) is 5.10 Å². The van der Waals surface area contributed by atoms with Gasteiger partial charge in [0.25, 0.3) is 5.91 Å². The number of fused-ring (bicyclic) bond motifs is 1. The van der Waals surface area contributed by atoms with E-state index < -0.39 is 0 Å². The minimum atomic E-state index is -0.143. The van der Waals surface area contributed by atoms with Crippen molar-refractivity contribution in [1.82, 2.24) is 30.3 Å². The molecule has 0 aromatic carbocycles. The van der Waals surface area contributed by atoms with Gasteiger partial charge in [0.05, 0.1) is 0 Å². The predicted octanol–water partition coefficient (Wildman–Crippen LogP) is 0.927. The monoisotopic (exact) mass is 288 g/mol. The molecule has 2 aromatic rings. The lowest BCUT2D eigenvalue weighted by Gasteiger charge is -2.14. The molecule has 3 heterocycles. The molecule has 0 saturated heterocycles. The van der Waals surface area contributed by atoms with Crippen LogP contribution in [0.2, 0.25) is 0 Å². The molecule has 0 unspecified atom stereocenters. The lowest BCUT2D eigenvalue weighted by molar-refractivity contribution is 0.0948. The number of aromatic nitrogens is 5. The molecule has 7 heteroatoms. The SMILES string of the molecule is Cc1[nH]nc(C(=O)NCCc2nnc3n2CCCC3)c1C. The number of hydrogen-bond acceptors (Lipinski definition) is 4. The number of carbonyl (C=O) groups excluding carboxylic acids is 1. The zero-order chi connectivity index (χ0) is 14.8. The third-order valence-electron chi connectivity index (χ3n) is 4.04. The zero-order valence-electron chi connectivity index (χ0n) is 12.4. The van der Waals surface area contributed by atoms with Crippen LogP contribution in [-0.2, 0) is 19.4 Å². The molecule has 21 heavy (non-hydrogen) atoms. The van der Waals surface area contributed by atoms with Crippen molar-refractivity contribution in [3.05, 3.63) is 28.6 Å². The second-order valence-corrected chi connectivity index (χ2v) is 5.47. The van der Waals surface area contributed by atoms with E-state index >= 15 is 0 Å². The number of hydrogen-bond donors (Lipinski definition) is 2. The first-order valence-electron chi connectivity index (χ1n) is 7.37. The molecule has 1 aliphatic rings. The number of carbonyl (C=O) groups is 1. The van der Waals surface area contributed by atoms with Crippen molar-refractivity contribution in [2.24, 2.45) is 0 Å². The molecule has 0 radical (unpaired) electrons. The third-order valence-corrected chi connectivity index (χ3v) is 4.04. The Morgan fingerprint density at radius 3 is 2.95 bits per heavy atom. The van der Waals surface area contributed by atoms with Crippen LogP contribution in [0.1, 0.15) is 46.2 Å². The number of H-pyrrole nitrogens is 1. The number of amides is 1. The number of nitrogens with one attached hydrogen (secondary N) is 2. The fourth-order valence-electron chi connectivity index (χ4n) is 2.63. The zero-order valence-corrected chi connectivity index (χ0v) is 12.4. The molecule has 0 spiro atoms. The normalized spacial score (nSPS) is 14.0. The summed E-state index contributed by atoms with van der Waals surface area (Å²) in [6.07, 6.45) is 4.06. The summed E-state index contributed by atoms with van der Waals surface area (Å²) in [4.78, 5) is 12.1. The fourth-order valence-corrected chi connectivity index (χ4v) is 2.63. The topological polar surface area (TPSA) is 88.5 Å². The average Bonchev–Trinajstić information content (AvgIpc) is 3.04. The Hall–Kier alpha value is -2.18. The molecule has 112 valence electrons. The van der Waals surface area contributed by atoms with Crippen molar-refractivity contribution < 1.29 is 4.79 Å². The minimum Gasteiger partial charge on any atom is -0.350 e. The van der Waals surface area contributed by atoms with Gasteiger partial charge in [0.15, 0.2) is 5.69 Å². The quantitative estimate of drug-likeness (QED) is 0.876. The van der Waals surface area contributed by atoms with Crippen LogP contribution in [0.15, 0.2) is 0 Å². The van der Waals surface area contributed by atoms with Gasteiger partial charge in [0, 0.05) is 37.2 Å². The van der Waals surface area contributed by atoms with Crippen LogP contribution in [0.4, 0.5) is 0 Å². The number of rotatable bonds is 4. The summed E-state index contributed by atoms with van der Waals surface area (Å²) in [6.45, 7) is 5.33. The van der Waals surface area contributed by atoms with E-state index in [0.717, 1.165) is 35.9 Å². The standard InChI is InChI=1S/C14H20N6O/c1-9-10(2)16-19-13(9)14(21)15-7-6-12-18-17-11-5-3-4-8-20(11)12/h3-8H2,1-2H3,(H,15,21)(H,16,19). The maximum Gasteiger partial charge on any atom is 0.272 e. The van der Waals surface area contributed by atoms with Crippen molar-refractivity contribution in [3.8, 4) is 0 Å². The van der Waals surface area contributed by atoms with E-state index in [1.54, 1.807) is 0 Å². The van der Waals surface area contributed by atoms with Crippen LogP contribution in [0.5, 0.6) is 0 Å². The Balaban J connectivity index is 1.58. The van der Waals surface area contributed by atoms with Gasteiger partial charge in [-0.05, 0) is 26.7 Å². The maximum absolute atomic E-state index is 12.1. The molecule has 0 bridgehead atoms. The van der Waals surface area contributed by atoms with Crippen LogP contribution in [-0.4, -0.2) is 37.4 Å². The first-order chi connectivity index (χ1) is 10.2. The van der Waals surface area contributed by atoms with Gasteiger partial charge < -0.3 is 9.88 Å². The molecular formula is C14H20N6O. The van der Waals surface area contributed by atoms with E-state index in [4.69, 9.17) is 0 Å². The first-order valence-corrected chi connectivity index (χ1v) is 7.37. The van der Waals surface area contributed by atoms with Gasteiger partial charge in [-0.1, -0.05) is 0 Å². The summed E-state index contributed by atoms with van der Waals surface area (Å²) in [5, 5.41) is 18.2. The van der Waals surface area contributed by atoms with E-state index in [-0.39, 0.29) is 5.91 Å². The van der Waals surface area contributed by atoms with Crippen LogP contribution in [0, 0.1) is 13.8 Å². The highest BCUT2D eigenvalue weighted by atomic mass is 16.1. The molecule has 3 rings (SSSR count). The number of aromatic amines is 1. The molecule has 0 atom stereocenters. The molecule has 2 N–H and O–H groups in total. The second kappa shape index (κ2) is 5.67. The van der Waals surface area contributed by atoms with Gasteiger partial charge in [-0.15, -0.1) is 10.2 Å². The second-order valence-electron chi connectivity index (χ2n) is 5.47. The van der Waals surface area contributed by atoms with Crippen molar-refractivity contribution >= 4 is 5.91 Å². The van der Waals surface area contributed by atoms with Gasteiger partial charge in [-0.3, -0.25) is 9.89 Å². The van der Waals surface area contributed by atoms with E-state index in [2.05, 4.69) is 30.3 Å². The van der Waals surface area contributed by atoms with Gasteiger partial charge >= 0.3 is 0 Å². The molecule has 0 fully saturated rings. The van der Waals surface area contributed by atoms with Crippen molar-refractivity contribution in [3.63, 3.8) is 0 Å². The summed E-state index contributed by atoms with van der Waals surface area (Å²) in [6, 6.07) is 0. The lowest BCUT2D eigenvalue weighted by atomic mass is 10.1. The van der Waals surface area contributed by atoms with E-state index in [1.807, 2.05) is 13.8 Å². The van der Waals surface area contributed by atoms with E-state index in [9.17, 15) is 4.79 Å². The van der Waals surface area contributed by atoms with Crippen molar-refractivity contribution in [1.29, 1.82) is 0 Å². The summed E-state index contributed by atoms with van der Waals surface area (Å²) in [7, 11) is 0. The molecule has 0 aliphatic carbocycles. The third kappa shape index (κ3) is 2.68. The van der Waals surface area contributed by atoms with E-state index in [1.165, 1.54) is 12.8 Å². The highest BCUT2D eigenvalue weighted by Crippen LogP contribution is 2.14. The van der Waals surface area contributed by atoms with Gasteiger partial charge in [0.1, 0.15) is 11.6 Å². The van der Waals surface area contributed by atoms with Gasteiger partial charge in [0.2, 0.25) is 0 Å². The molecule has 1 amide bonds. The summed E-state index contributed by atoms with van der Waals surface area (Å²) >= 11 is 0. The first kappa shape index (κ1) is 13.8. The highest BCUT2D eigenvalue weighted by molar-refractivity contribution is 5.93. The molecule has 2 aromatic heterocycles. The summed E-state index contributed by atoms with van der Waals surface area (Å²) < 4.78 is 2.18. The summed E-state index contributed by atoms with van der Waals surface area (Å²) in [5.41, 5.74) is 2.29. The van der Waals surface area contributed by atoms with Crippen LogP contribution < -0.4 is 5.32 Å². The summed E-state index contributed by atoms with van der Waals surface area (Å²) in [5.74, 6) is 1.89. The fraction of sp³-hybridized carbons (Fsp3) is 0.571. The Morgan fingerprint density at radius 2 is 2.19 bits per heavy atom. The highest BCUT2D eigenvalue weighted by Gasteiger charge is 2.17. The Morgan fingerprint density at radius 1 is 1.33 bits per heavy atom. The molecule has 1 aliphatic heterocycles. The Bertz CT molecular complexity index is 656. The van der Waals surface area contributed by atoms with E-state index in [0.29, 0.717) is 18.7 Å². The predicted molar refractivity (Wildman–Crippen MR) is 77.1 cm³/mol. The number of aryl methyl sites for hydroxylation is 2. The lowest BCUT2D eigenvalue weighted by Crippen LogP contribution is -2.27. The molecule has 7 nitrogen and oxygen atoms in total. The number of nitrogens with zero attached hydrogens (tertiary/aromatic N) is 4. The maximum atomic E-state index is 12.1. The Labute approximate surface area is 123 Å². The smallest absolute Gasteiger partial charge is 0.272 e. The minimum absolute atomic E-state index is 0.143. The van der Waals surface area contributed by atoms with Crippen LogP contribution in [0.25, 0.3) is 0 Å².